The SMILES string of the molecule is COc1ccc(CN2CC(C#N)CC2=O)c(OC)c1. The molecule has 5 nitrogen and oxygen atoms in total. The molecule has 0 saturated carbocycles. The van der Waals surface area contributed by atoms with Crippen molar-refractivity contribution in [2.75, 3.05) is 20.8 Å². The number of hydrogen-bond donors (Lipinski definition) is 0. The fourth-order valence-corrected chi connectivity index (χ4v) is 2.20. The van der Waals surface area contributed by atoms with Gasteiger partial charge in [-0.05, 0) is 12.1 Å². The van der Waals surface area contributed by atoms with E-state index in [0.29, 0.717) is 31.0 Å². The van der Waals surface area contributed by atoms with Crippen molar-refractivity contribution in [2.24, 2.45) is 5.92 Å². The molecule has 1 aliphatic heterocycles. The van der Waals surface area contributed by atoms with Crippen molar-refractivity contribution >= 4 is 5.91 Å². The Morgan fingerprint density at radius 2 is 2.21 bits per heavy atom. The third kappa shape index (κ3) is 2.79. The Bertz CT molecular complexity index is 522. The lowest BCUT2D eigenvalue weighted by Crippen LogP contribution is -2.24. The van der Waals surface area contributed by atoms with Crippen LogP contribution in [0.25, 0.3) is 0 Å². The van der Waals surface area contributed by atoms with Gasteiger partial charge in [-0.1, -0.05) is 0 Å². The summed E-state index contributed by atoms with van der Waals surface area (Å²) >= 11 is 0. The van der Waals surface area contributed by atoms with E-state index < -0.39 is 0 Å². The molecule has 0 aliphatic carbocycles. The summed E-state index contributed by atoms with van der Waals surface area (Å²) in [6.45, 7) is 0.953. The summed E-state index contributed by atoms with van der Waals surface area (Å²) in [6, 6.07) is 7.65. The van der Waals surface area contributed by atoms with Crippen molar-refractivity contribution in [2.45, 2.75) is 13.0 Å². The number of benzene rings is 1. The first kappa shape index (κ1) is 13.2. The van der Waals surface area contributed by atoms with Gasteiger partial charge in [-0.15, -0.1) is 0 Å². The monoisotopic (exact) mass is 260 g/mol. The summed E-state index contributed by atoms with van der Waals surface area (Å²) in [6.07, 6.45) is 0.314. The van der Waals surface area contributed by atoms with E-state index in [-0.39, 0.29) is 11.8 Å². The number of nitrogens with zero attached hydrogens (tertiary/aromatic N) is 2. The average molecular weight is 260 g/mol. The van der Waals surface area contributed by atoms with Gasteiger partial charge in [0.15, 0.2) is 0 Å². The van der Waals surface area contributed by atoms with Gasteiger partial charge in [-0.3, -0.25) is 4.79 Å². The first-order valence-electron chi connectivity index (χ1n) is 6.06. The number of rotatable bonds is 4. The number of likely N-dealkylation sites (tertiary alicyclic amines) is 1. The molecule has 1 saturated heterocycles. The maximum atomic E-state index is 11.8. The lowest BCUT2D eigenvalue weighted by atomic mass is 10.1. The van der Waals surface area contributed by atoms with Crippen LogP contribution in [0.15, 0.2) is 18.2 Å². The molecule has 1 fully saturated rings. The van der Waals surface area contributed by atoms with E-state index in [4.69, 9.17) is 14.7 Å². The number of amides is 1. The van der Waals surface area contributed by atoms with E-state index >= 15 is 0 Å². The number of carbonyl (C=O) groups is 1. The zero-order chi connectivity index (χ0) is 13.8. The first-order valence-corrected chi connectivity index (χ1v) is 6.06. The van der Waals surface area contributed by atoms with Crippen LogP contribution in [-0.2, 0) is 11.3 Å². The van der Waals surface area contributed by atoms with Crippen LogP contribution in [0.4, 0.5) is 0 Å². The predicted octanol–water partition coefficient (Wildman–Crippen LogP) is 1.58. The van der Waals surface area contributed by atoms with Crippen molar-refractivity contribution in [3.63, 3.8) is 0 Å². The van der Waals surface area contributed by atoms with Gasteiger partial charge in [0.25, 0.3) is 0 Å². The third-order valence-corrected chi connectivity index (χ3v) is 3.25. The fourth-order valence-electron chi connectivity index (χ4n) is 2.20. The second-order valence-electron chi connectivity index (χ2n) is 4.48. The Labute approximate surface area is 112 Å². The zero-order valence-electron chi connectivity index (χ0n) is 11.0. The molecule has 5 heteroatoms. The molecule has 19 heavy (non-hydrogen) atoms. The average Bonchev–Trinajstić information content (AvgIpc) is 2.80. The Hall–Kier alpha value is -2.22. The molecule has 0 N–H and O–H groups in total. The highest BCUT2D eigenvalue weighted by Crippen LogP contribution is 2.27. The quantitative estimate of drug-likeness (QED) is 0.824. The van der Waals surface area contributed by atoms with Crippen molar-refractivity contribution < 1.29 is 14.3 Å². The number of hydrogen-bond acceptors (Lipinski definition) is 4. The molecule has 0 spiro atoms. The van der Waals surface area contributed by atoms with Crippen LogP contribution in [0.2, 0.25) is 0 Å². The summed E-state index contributed by atoms with van der Waals surface area (Å²) < 4.78 is 10.4. The van der Waals surface area contributed by atoms with Crippen molar-refractivity contribution in [1.82, 2.24) is 4.90 Å². The highest BCUT2D eigenvalue weighted by Gasteiger charge is 2.29. The summed E-state index contributed by atoms with van der Waals surface area (Å²) in [5.41, 5.74) is 0.912. The van der Waals surface area contributed by atoms with Gasteiger partial charge in [0.05, 0.1) is 26.2 Å². The van der Waals surface area contributed by atoms with E-state index in [1.165, 1.54) is 0 Å². The minimum absolute atomic E-state index is 0.0180. The van der Waals surface area contributed by atoms with E-state index in [1.807, 2.05) is 12.1 Å². The predicted molar refractivity (Wildman–Crippen MR) is 68.7 cm³/mol. The highest BCUT2D eigenvalue weighted by molar-refractivity contribution is 5.79. The standard InChI is InChI=1S/C14H16N2O3/c1-18-12-4-3-11(13(6-12)19-2)9-16-8-10(7-15)5-14(16)17/h3-4,6,10H,5,8-9H2,1-2H3. The normalized spacial score (nSPS) is 18.3. The largest absolute Gasteiger partial charge is 0.497 e. The lowest BCUT2D eigenvalue weighted by Gasteiger charge is -2.18. The van der Waals surface area contributed by atoms with E-state index in [9.17, 15) is 4.79 Å². The van der Waals surface area contributed by atoms with E-state index in [2.05, 4.69) is 6.07 Å². The fraction of sp³-hybridized carbons (Fsp3) is 0.429. The lowest BCUT2D eigenvalue weighted by molar-refractivity contribution is -0.128. The minimum atomic E-state index is -0.197. The van der Waals surface area contributed by atoms with Crippen LogP contribution in [0, 0.1) is 17.2 Å². The second kappa shape index (κ2) is 5.61. The molecular weight excluding hydrogens is 244 g/mol. The van der Waals surface area contributed by atoms with Crippen molar-refractivity contribution in [3.05, 3.63) is 23.8 Å². The van der Waals surface area contributed by atoms with Crippen LogP contribution in [-0.4, -0.2) is 31.6 Å². The molecular formula is C14H16N2O3. The first-order chi connectivity index (χ1) is 9.17. The van der Waals surface area contributed by atoms with Crippen molar-refractivity contribution in [1.29, 1.82) is 5.26 Å². The summed E-state index contributed by atoms with van der Waals surface area (Å²) in [5.74, 6) is 1.22. The molecule has 100 valence electrons. The van der Waals surface area contributed by atoms with Gasteiger partial charge in [0.1, 0.15) is 11.5 Å². The van der Waals surface area contributed by atoms with Crippen LogP contribution in [0.1, 0.15) is 12.0 Å². The van der Waals surface area contributed by atoms with Crippen LogP contribution >= 0.6 is 0 Å². The number of ether oxygens (including phenoxy) is 2. The molecule has 1 amide bonds. The maximum absolute atomic E-state index is 11.8. The molecule has 2 rings (SSSR count). The van der Waals surface area contributed by atoms with Gasteiger partial charge in [-0.2, -0.15) is 5.26 Å². The molecule has 1 unspecified atom stereocenters. The molecule has 0 aromatic heterocycles. The second-order valence-corrected chi connectivity index (χ2v) is 4.48. The number of methoxy groups -OCH3 is 2. The number of nitriles is 1. The number of carbonyl (C=O) groups excluding carboxylic acids is 1. The van der Waals surface area contributed by atoms with E-state index in [0.717, 1.165) is 5.56 Å². The molecule has 1 aliphatic rings. The Balaban J connectivity index is 2.15. The van der Waals surface area contributed by atoms with Gasteiger partial charge in [0.2, 0.25) is 5.91 Å². The van der Waals surface area contributed by atoms with Crippen molar-refractivity contribution in [3.8, 4) is 17.6 Å². The van der Waals surface area contributed by atoms with Gasteiger partial charge < -0.3 is 14.4 Å². The molecule has 0 radical (unpaired) electrons. The maximum Gasteiger partial charge on any atom is 0.224 e. The van der Waals surface area contributed by atoms with Gasteiger partial charge in [0, 0.05) is 31.1 Å². The molecule has 1 heterocycles. The summed E-state index contributed by atoms with van der Waals surface area (Å²) in [4.78, 5) is 13.5. The zero-order valence-corrected chi connectivity index (χ0v) is 11.0. The topological polar surface area (TPSA) is 62.6 Å². The summed E-state index contributed by atoms with van der Waals surface area (Å²) in [5, 5.41) is 8.87. The van der Waals surface area contributed by atoms with Crippen LogP contribution < -0.4 is 9.47 Å². The Morgan fingerprint density at radius 3 is 2.79 bits per heavy atom. The van der Waals surface area contributed by atoms with Crippen LogP contribution in [0.3, 0.4) is 0 Å². The molecule has 1 aromatic carbocycles. The molecule has 0 bridgehead atoms. The van der Waals surface area contributed by atoms with Gasteiger partial charge >= 0.3 is 0 Å². The van der Waals surface area contributed by atoms with Gasteiger partial charge in [-0.25, -0.2) is 0 Å². The third-order valence-electron chi connectivity index (χ3n) is 3.25. The Kier molecular flexibility index (Phi) is 3.91. The highest BCUT2D eigenvalue weighted by atomic mass is 16.5. The molecule has 1 atom stereocenters. The van der Waals surface area contributed by atoms with Crippen LogP contribution in [0.5, 0.6) is 11.5 Å². The Morgan fingerprint density at radius 1 is 1.42 bits per heavy atom. The van der Waals surface area contributed by atoms with E-state index in [1.54, 1.807) is 25.2 Å². The summed E-state index contributed by atoms with van der Waals surface area (Å²) in [7, 11) is 3.18. The molecule has 1 aromatic rings. The smallest absolute Gasteiger partial charge is 0.224 e. The minimum Gasteiger partial charge on any atom is -0.497 e.